The summed E-state index contributed by atoms with van der Waals surface area (Å²) in [5.41, 5.74) is -0.146. The van der Waals surface area contributed by atoms with Crippen LogP contribution in [0.15, 0.2) is 0 Å². The molecule has 1 fully saturated rings. The molecule has 2 heteroatoms. The first-order valence-corrected chi connectivity index (χ1v) is 6.61. The van der Waals surface area contributed by atoms with E-state index in [1.807, 2.05) is 20.8 Å². The fourth-order valence-corrected chi connectivity index (χ4v) is 2.28. The lowest BCUT2D eigenvalue weighted by molar-refractivity contribution is -0.126. The van der Waals surface area contributed by atoms with Crippen molar-refractivity contribution in [3.63, 3.8) is 0 Å². The van der Waals surface area contributed by atoms with Crippen LogP contribution in [0.1, 0.15) is 52.9 Å². The van der Waals surface area contributed by atoms with Gasteiger partial charge in [-0.3, -0.25) is 4.79 Å². The first-order valence-electron chi connectivity index (χ1n) is 6.61. The van der Waals surface area contributed by atoms with Gasteiger partial charge in [-0.15, -0.1) is 0 Å². The van der Waals surface area contributed by atoms with Crippen LogP contribution < -0.4 is 0 Å². The molecule has 0 unspecified atom stereocenters. The maximum absolute atomic E-state index is 11.8. The molecule has 0 aliphatic carbocycles. The Morgan fingerprint density at radius 3 is 2.31 bits per heavy atom. The van der Waals surface area contributed by atoms with Gasteiger partial charge < -0.3 is 4.90 Å². The normalized spacial score (nSPS) is 20.0. The SMILES string of the molecule is CN1CCC(CCCC(=O)C(C)(C)C)CC1. The molecule has 0 aromatic rings. The summed E-state index contributed by atoms with van der Waals surface area (Å²) in [5.74, 6) is 1.28. The minimum Gasteiger partial charge on any atom is -0.306 e. The molecule has 16 heavy (non-hydrogen) atoms. The number of hydrogen-bond donors (Lipinski definition) is 0. The molecule has 1 aliphatic heterocycles. The molecule has 0 radical (unpaired) electrons. The number of ketones is 1. The minimum atomic E-state index is -0.146. The van der Waals surface area contributed by atoms with E-state index in [-0.39, 0.29) is 5.41 Å². The Balaban J connectivity index is 2.14. The van der Waals surface area contributed by atoms with Crippen LogP contribution in [0.25, 0.3) is 0 Å². The van der Waals surface area contributed by atoms with E-state index in [4.69, 9.17) is 0 Å². The Morgan fingerprint density at radius 1 is 1.25 bits per heavy atom. The predicted molar refractivity (Wildman–Crippen MR) is 68.5 cm³/mol. The second kappa shape index (κ2) is 5.81. The smallest absolute Gasteiger partial charge is 0.138 e. The van der Waals surface area contributed by atoms with Gasteiger partial charge in [-0.25, -0.2) is 0 Å². The molecular weight excluding hydrogens is 198 g/mol. The quantitative estimate of drug-likeness (QED) is 0.732. The van der Waals surface area contributed by atoms with Crippen LogP contribution >= 0.6 is 0 Å². The van der Waals surface area contributed by atoms with Gasteiger partial charge >= 0.3 is 0 Å². The number of hydrogen-bond acceptors (Lipinski definition) is 2. The summed E-state index contributed by atoms with van der Waals surface area (Å²) in [4.78, 5) is 14.1. The van der Waals surface area contributed by atoms with E-state index in [0.29, 0.717) is 5.78 Å². The van der Waals surface area contributed by atoms with E-state index in [0.717, 1.165) is 18.8 Å². The van der Waals surface area contributed by atoms with Crippen LogP contribution in [-0.4, -0.2) is 30.8 Å². The van der Waals surface area contributed by atoms with Gasteiger partial charge in [-0.1, -0.05) is 20.8 Å². The van der Waals surface area contributed by atoms with Gasteiger partial charge in [-0.05, 0) is 51.7 Å². The highest BCUT2D eigenvalue weighted by atomic mass is 16.1. The van der Waals surface area contributed by atoms with E-state index >= 15 is 0 Å². The monoisotopic (exact) mass is 225 g/mol. The third kappa shape index (κ3) is 4.65. The highest BCUT2D eigenvalue weighted by Crippen LogP contribution is 2.24. The molecule has 0 N–H and O–H groups in total. The van der Waals surface area contributed by atoms with Gasteiger partial charge in [0.2, 0.25) is 0 Å². The first kappa shape index (κ1) is 13.7. The van der Waals surface area contributed by atoms with Gasteiger partial charge in [0, 0.05) is 11.8 Å². The molecule has 0 aromatic carbocycles. The molecule has 0 amide bonds. The largest absolute Gasteiger partial charge is 0.306 e. The molecule has 0 atom stereocenters. The summed E-state index contributed by atoms with van der Waals surface area (Å²) < 4.78 is 0. The van der Waals surface area contributed by atoms with Crippen molar-refractivity contribution in [3.8, 4) is 0 Å². The zero-order valence-electron chi connectivity index (χ0n) is 11.4. The molecule has 1 heterocycles. The molecule has 1 rings (SSSR count). The average Bonchev–Trinajstić information content (AvgIpc) is 2.19. The highest BCUT2D eigenvalue weighted by Gasteiger charge is 2.21. The van der Waals surface area contributed by atoms with E-state index < -0.39 is 0 Å². The number of rotatable bonds is 4. The summed E-state index contributed by atoms with van der Waals surface area (Å²) in [6.45, 7) is 8.52. The molecule has 0 bridgehead atoms. The Labute approximate surface area is 100 Å². The average molecular weight is 225 g/mol. The van der Waals surface area contributed by atoms with Crippen molar-refractivity contribution in [1.29, 1.82) is 0 Å². The van der Waals surface area contributed by atoms with E-state index in [1.165, 1.54) is 32.4 Å². The van der Waals surface area contributed by atoms with Crippen LogP contribution in [0.4, 0.5) is 0 Å². The van der Waals surface area contributed by atoms with Crippen molar-refractivity contribution in [1.82, 2.24) is 4.90 Å². The van der Waals surface area contributed by atoms with Crippen molar-refractivity contribution >= 4 is 5.78 Å². The summed E-state index contributed by atoms with van der Waals surface area (Å²) in [6.07, 6.45) is 5.75. The minimum absolute atomic E-state index is 0.146. The molecule has 0 spiro atoms. The number of Topliss-reactive ketones (excluding diaryl/α,β-unsaturated/α-hetero) is 1. The second-order valence-corrected chi connectivity index (χ2v) is 6.31. The molecule has 0 aromatic heterocycles. The Hall–Kier alpha value is -0.370. The fourth-order valence-electron chi connectivity index (χ4n) is 2.28. The van der Waals surface area contributed by atoms with Crippen molar-refractivity contribution in [2.45, 2.75) is 52.9 Å². The maximum Gasteiger partial charge on any atom is 0.138 e. The van der Waals surface area contributed by atoms with Crippen molar-refractivity contribution < 1.29 is 4.79 Å². The maximum atomic E-state index is 11.8. The van der Waals surface area contributed by atoms with E-state index in [2.05, 4.69) is 11.9 Å². The summed E-state index contributed by atoms with van der Waals surface area (Å²) >= 11 is 0. The molecule has 1 aliphatic rings. The summed E-state index contributed by atoms with van der Waals surface area (Å²) in [6, 6.07) is 0. The highest BCUT2D eigenvalue weighted by molar-refractivity contribution is 5.83. The predicted octanol–water partition coefficient (Wildman–Crippen LogP) is 3.11. The van der Waals surface area contributed by atoms with Gasteiger partial charge in [0.1, 0.15) is 5.78 Å². The number of likely N-dealkylation sites (tertiary alicyclic amines) is 1. The van der Waals surface area contributed by atoms with Crippen molar-refractivity contribution in [2.24, 2.45) is 11.3 Å². The molecular formula is C14H27NO. The number of nitrogens with zero attached hydrogens (tertiary/aromatic N) is 1. The Kier molecular flexibility index (Phi) is 4.97. The number of carbonyl (C=O) groups excluding carboxylic acids is 1. The number of piperidine rings is 1. The third-order valence-corrected chi connectivity index (χ3v) is 3.69. The summed E-state index contributed by atoms with van der Waals surface area (Å²) in [5, 5.41) is 0. The molecule has 0 saturated carbocycles. The van der Waals surface area contributed by atoms with Crippen molar-refractivity contribution in [2.75, 3.05) is 20.1 Å². The molecule has 94 valence electrons. The first-order chi connectivity index (χ1) is 7.39. The van der Waals surface area contributed by atoms with Gasteiger partial charge in [0.05, 0.1) is 0 Å². The van der Waals surface area contributed by atoms with E-state index in [1.54, 1.807) is 0 Å². The fraction of sp³-hybridized carbons (Fsp3) is 0.929. The van der Waals surface area contributed by atoms with Crippen LogP contribution in [0.2, 0.25) is 0 Å². The lowest BCUT2D eigenvalue weighted by atomic mass is 9.85. The Bertz CT molecular complexity index is 221. The zero-order valence-corrected chi connectivity index (χ0v) is 11.4. The second-order valence-electron chi connectivity index (χ2n) is 6.31. The molecule has 2 nitrogen and oxygen atoms in total. The van der Waals surface area contributed by atoms with Crippen LogP contribution in [0.3, 0.4) is 0 Å². The summed E-state index contributed by atoms with van der Waals surface area (Å²) in [7, 11) is 2.19. The Morgan fingerprint density at radius 2 is 1.81 bits per heavy atom. The van der Waals surface area contributed by atoms with Crippen molar-refractivity contribution in [3.05, 3.63) is 0 Å². The van der Waals surface area contributed by atoms with Crippen LogP contribution in [-0.2, 0) is 4.79 Å². The number of carbonyl (C=O) groups is 1. The third-order valence-electron chi connectivity index (χ3n) is 3.69. The topological polar surface area (TPSA) is 20.3 Å². The van der Waals surface area contributed by atoms with Gasteiger partial charge in [-0.2, -0.15) is 0 Å². The lowest BCUT2D eigenvalue weighted by Crippen LogP contribution is -2.30. The molecule has 1 saturated heterocycles. The van der Waals surface area contributed by atoms with E-state index in [9.17, 15) is 4.79 Å². The van der Waals surface area contributed by atoms with Gasteiger partial charge in [0.15, 0.2) is 0 Å². The van der Waals surface area contributed by atoms with Crippen LogP contribution in [0.5, 0.6) is 0 Å². The lowest BCUT2D eigenvalue weighted by Gasteiger charge is -2.29. The zero-order chi connectivity index (χ0) is 12.2. The standard InChI is InChI=1S/C14H27NO/c1-14(2,3)13(16)7-5-6-12-8-10-15(4)11-9-12/h12H,5-11H2,1-4H3. The van der Waals surface area contributed by atoms with Gasteiger partial charge in [0.25, 0.3) is 0 Å². The van der Waals surface area contributed by atoms with Crippen LogP contribution in [0, 0.1) is 11.3 Å².